The van der Waals surface area contributed by atoms with E-state index in [4.69, 9.17) is 14.5 Å². The first-order valence-electron chi connectivity index (χ1n) is 9.38. The molecule has 6 nitrogen and oxygen atoms in total. The van der Waals surface area contributed by atoms with Crippen LogP contribution in [0.5, 0.6) is 11.5 Å². The molecule has 2 aromatic carbocycles. The molecule has 0 unspecified atom stereocenters. The maximum absolute atomic E-state index is 12.3. The molecule has 0 saturated carbocycles. The Balaban J connectivity index is 1.70. The number of aliphatic imine (C=N–C) groups is 1. The molecule has 0 radical (unpaired) electrons. The number of ether oxygens (including phenoxy) is 2. The first-order valence-corrected chi connectivity index (χ1v) is 12.2. The van der Waals surface area contributed by atoms with Crippen LogP contribution in [0, 0.1) is 6.92 Å². The predicted molar refractivity (Wildman–Crippen MR) is 118 cm³/mol. The molecule has 154 valence electrons. The SMILES string of the molecule is COc1ccc(OC)c(N2C(SCc3ccccc3C)=N[C@H]3CS(=O)(=O)C[C@H]32)c1. The van der Waals surface area contributed by atoms with E-state index in [2.05, 4.69) is 19.1 Å². The van der Waals surface area contributed by atoms with Crippen molar-refractivity contribution >= 4 is 32.5 Å². The molecule has 8 heteroatoms. The molecular weight excluding hydrogens is 408 g/mol. The lowest BCUT2D eigenvalue weighted by molar-refractivity contribution is 0.403. The van der Waals surface area contributed by atoms with Gasteiger partial charge in [0.1, 0.15) is 11.5 Å². The van der Waals surface area contributed by atoms with Gasteiger partial charge in [0.15, 0.2) is 15.0 Å². The summed E-state index contributed by atoms with van der Waals surface area (Å²) in [5, 5.41) is 0.824. The Morgan fingerprint density at radius 1 is 1.14 bits per heavy atom. The van der Waals surface area contributed by atoms with Gasteiger partial charge < -0.3 is 14.4 Å². The average Bonchev–Trinajstić information content (AvgIpc) is 3.17. The maximum Gasteiger partial charge on any atom is 0.164 e. The van der Waals surface area contributed by atoms with Crippen LogP contribution >= 0.6 is 11.8 Å². The van der Waals surface area contributed by atoms with Crippen LogP contribution in [-0.2, 0) is 15.6 Å². The van der Waals surface area contributed by atoms with E-state index in [9.17, 15) is 8.42 Å². The minimum atomic E-state index is -3.11. The zero-order valence-electron chi connectivity index (χ0n) is 16.7. The summed E-state index contributed by atoms with van der Waals surface area (Å²) in [6.07, 6.45) is 0. The predicted octanol–water partition coefficient (Wildman–Crippen LogP) is 3.29. The average molecular weight is 433 g/mol. The van der Waals surface area contributed by atoms with Gasteiger partial charge in [-0.25, -0.2) is 8.42 Å². The standard InChI is InChI=1S/C21H24N2O4S2/c1-14-6-4-5-7-15(14)11-28-21-22-17-12-29(24,25)13-19(17)23(21)18-10-16(26-2)8-9-20(18)27-3/h4-10,17,19H,11-13H2,1-3H3/t17-,19+/m0/s1. The van der Waals surface area contributed by atoms with E-state index in [-0.39, 0.29) is 23.6 Å². The van der Waals surface area contributed by atoms with Crippen molar-refractivity contribution in [2.24, 2.45) is 4.99 Å². The van der Waals surface area contributed by atoms with Crippen molar-refractivity contribution in [3.63, 3.8) is 0 Å². The summed E-state index contributed by atoms with van der Waals surface area (Å²) >= 11 is 1.63. The van der Waals surface area contributed by atoms with Gasteiger partial charge in [0.05, 0.1) is 43.5 Å². The van der Waals surface area contributed by atoms with Gasteiger partial charge >= 0.3 is 0 Å². The van der Waals surface area contributed by atoms with Crippen LogP contribution < -0.4 is 14.4 Å². The van der Waals surface area contributed by atoms with Gasteiger partial charge in [-0.3, -0.25) is 4.99 Å². The van der Waals surface area contributed by atoms with Crippen molar-refractivity contribution < 1.29 is 17.9 Å². The molecule has 1 saturated heterocycles. The second-order valence-corrected chi connectivity index (χ2v) is 10.3. The van der Waals surface area contributed by atoms with E-state index < -0.39 is 9.84 Å². The van der Waals surface area contributed by atoms with Crippen molar-refractivity contribution in [1.29, 1.82) is 0 Å². The van der Waals surface area contributed by atoms with Crippen molar-refractivity contribution in [1.82, 2.24) is 0 Å². The molecule has 2 aliphatic rings. The number of anilines is 1. The van der Waals surface area contributed by atoms with E-state index in [0.29, 0.717) is 11.5 Å². The van der Waals surface area contributed by atoms with E-state index in [1.54, 1.807) is 26.0 Å². The molecule has 0 spiro atoms. The van der Waals surface area contributed by atoms with Gasteiger partial charge in [-0.1, -0.05) is 36.0 Å². The molecule has 0 amide bonds. The highest BCUT2D eigenvalue weighted by Crippen LogP contribution is 2.41. The van der Waals surface area contributed by atoms with Gasteiger partial charge in [-0.2, -0.15) is 0 Å². The normalized spacial score (nSPS) is 22.3. The lowest BCUT2D eigenvalue weighted by Gasteiger charge is -2.28. The molecule has 0 aliphatic carbocycles. The van der Waals surface area contributed by atoms with Crippen LogP contribution in [0.2, 0.25) is 0 Å². The number of sulfone groups is 1. The summed E-state index contributed by atoms with van der Waals surface area (Å²) in [6.45, 7) is 2.09. The van der Waals surface area contributed by atoms with E-state index in [1.807, 2.05) is 35.2 Å². The Kier molecular flexibility index (Phi) is 5.48. The number of hydrogen-bond donors (Lipinski definition) is 0. The Hall–Kier alpha value is -2.19. The minimum Gasteiger partial charge on any atom is -0.497 e. The highest BCUT2D eigenvalue weighted by Gasteiger charge is 2.47. The fraction of sp³-hybridized carbons (Fsp3) is 0.381. The fourth-order valence-electron chi connectivity index (χ4n) is 3.81. The van der Waals surface area contributed by atoms with Gasteiger partial charge in [0, 0.05) is 11.8 Å². The molecule has 0 bridgehead atoms. The number of methoxy groups -OCH3 is 2. The monoisotopic (exact) mass is 432 g/mol. The smallest absolute Gasteiger partial charge is 0.164 e. The third-order valence-electron chi connectivity index (χ3n) is 5.37. The van der Waals surface area contributed by atoms with Crippen molar-refractivity contribution in [3.05, 3.63) is 53.6 Å². The molecule has 1 fully saturated rings. The number of thioether (sulfide) groups is 1. The van der Waals surface area contributed by atoms with Crippen molar-refractivity contribution in [2.45, 2.75) is 24.8 Å². The number of nitrogens with zero attached hydrogens (tertiary/aromatic N) is 2. The number of fused-ring (bicyclic) bond motifs is 1. The number of aryl methyl sites for hydroxylation is 1. The van der Waals surface area contributed by atoms with Gasteiger partial charge in [-0.05, 0) is 30.2 Å². The molecule has 2 aliphatic heterocycles. The van der Waals surface area contributed by atoms with Crippen LogP contribution in [0.1, 0.15) is 11.1 Å². The molecular formula is C21H24N2O4S2. The second kappa shape index (κ2) is 7.91. The van der Waals surface area contributed by atoms with Crippen molar-refractivity contribution in [3.8, 4) is 11.5 Å². The molecule has 2 atom stereocenters. The van der Waals surface area contributed by atoms with Crippen LogP contribution in [0.25, 0.3) is 0 Å². The quantitative estimate of drug-likeness (QED) is 0.722. The molecule has 29 heavy (non-hydrogen) atoms. The van der Waals surface area contributed by atoms with E-state index in [1.165, 1.54) is 11.1 Å². The Labute approximate surface area is 175 Å². The number of amidine groups is 1. The Morgan fingerprint density at radius 3 is 2.66 bits per heavy atom. The lowest BCUT2D eigenvalue weighted by Crippen LogP contribution is -2.39. The molecule has 0 N–H and O–H groups in total. The summed E-state index contributed by atoms with van der Waals surface area (Å²) in [5.74, 6) is 2.30. The van der Waals surface area contributed by atoms with E-state index >= 15 is 0 Å². The van der Waals surface area contributed by atoms with Gasteiger partial charge in [0.25, 0.3) is 0 Å². The highest BCUT2D eigenvalue weighted by atomic mass is 32.2. The summed E-state index contributed by atoms with van der Waals surface area (Å²) in [4.78, 5) is 6.84. The maximum atomic E-state index is 12.3. The Morgan fingerprint density at radius 2 is 1.93 bits per heavy atom. The first-order chi connectivity index (χ1) is 13.9. The Bertz CT molecular complexity index is 1050. The topological polar surface area (TPSA) is 68.2 Å². The molecule has 0 aromatic heterocycles. The highest BCUT2D eigenvalue weighted by molar-refractivity contribution is 8.13. The first kappa shape index (κ1) is 20.1. The molecule has 4 rings (SSSR count). The van der Waals surface area contributed by atoms with E-state index in [0.717, 1.165) is 16.6 Å². The summed E-state index contributed by atoms with van der Waals surface area (Å²) in [5.41, 5.74) is 3.25. The molecule has 2 heterocycles. The zero-order chi connectivity index (χ0) is 20.6. The van der Waals surface area contributed by atoms with Gasteiger partial charge in [-0.15, -0.1) is 0 Å². The summed E-state index contributed by atoms with van der Waals surface area (Å²) in [6, 6.07) is 13.3. The zero-order valence-corrected chi connectivity index (χ0v) is 18.3. The second-order valence-electron chi connectivity index (χ2n) is 7.25. The summed E-state index contributed by atoms with van der Waals surface area (Å²) < 4.78 is 35.5. The van der Waals surface area contributed by atoms with Crippen LogP contribution in [-0.4, -0.2) is 51.4 Å². The largest absolute Gasteiger partial charge is 0.497 e. The summed E-state index contributed by atoms with van der Waals surface area (Å²) in [7, 11) is 0.115. The number of hydrogen-bond acceptors (Lipinski definition) is 7. The van der Waals surface area contributed by atoms with Gasteiger partial charge in [0.2, 0.25) is 0 Å². The molecule has 2 aromatic rings. The lowest BCUT2D eigenvalue weighted by atomic mass is 10.1. The number of rotatable bonds is 5. The minimum absolute atomic E-state index is 0.0921. The van der Waals surface area contributed by atoms with Crippen LogP contribution in [0.15, 0.2) is 47.5 Å². The van der Waals surface area contributed by atoms with Crippen LogP contribution in [0.4, 0.5) is 5.69 Å². The third kappa shape index (κ3) is 3.96. The fourth-order valence-corrected chi connectivity index (χ4v) is 6.85. The number of benzene rings is 2. The van der Waals surface area contributed by atoms with Crippen LogP contribution in [0.3, 0.4) is 0 Å². The third-order valence-corrected chi connectivity index (χ3v) is 8.09. The van der Waals surface area contributed by atoms with Crippen molar-refractivity contribution in [2.75, 3.05) is 30.6 Å².